The minimum Gasteiger partial charge on any atom is -0.494 e. The molecule has 11 nitrogen and oxygen atoms in total. The monoisotopic (exact) mass is 503 g/mol. The van der Waals surface area contributed by atoms with Gasteiger partial charge in [0.05, 0.1) is 6.61 Å². The Balaban J connectivity index is 0.000000886. The van der Waals surface area contributed by atoms with E-state index in [4.69, 9.17) is 25.8 Å². The molecule has 37 heavy (non-hydrogen) atoms. The number of rotatable bonds is 8. The zero-order valence-corrected chi connectivity index (χ0v) is 20.8. The van der Waals surface area contributed by atoms with E-state index in [2.05, 4.69) is 26.1 Å². The first-order chi connectivity index (χ1) is 17.7. The van der Waals surface area contributed by atoms with Gasteiger partial charge in [-0.3, -0.25) is 15.2 Å². The summed E-state index contributed by atoms with van der Waals surface area (Å²) in [6, 6.07) is 15.2. The predicted molar refractivity (Wildman–Crippen MR) is 138 cm³/mol. The molecule has 0 aliphatic rings. The van der Waals surface area contributed by atoms with Crippen molar-refractivity contribution in [2.45, 2.75) is 33.1 Å². The van der Waals surface area contributed by atoms with Gasteiger partial charge in [-0.05, 0) is 55.2 Å². The lowest BCUT2D eigenvalue weighted by molar-refractivity contribution is -0.134. The zero-order chi connectivity index (χ0) is 26.9. The van der Waals surface area contributed by atoms with E-state index in [9.17, 15) is 4.79 Å². The Morgan fingerprint density at radius 3 is 2.43 bits per heavy atom. The molecule has 0 amide bonds. The van der Waals surface area contributed by atoms with Crippen LogP contribution in [0.3, 0.4) is 0 Å². The van der Waals surface area contributed by atoms with Crippen molar-refractivity contribution < 1.29 is 14.6 Å². The molecule has 4 rings (SSSR count). The van der Waals surface area contributed by atoms with E-state index in [-0.39, 0.29) is 17.7 Å². The number of carbonyl (C=O) groups is 1. The number of aromatic nitrogens is 5. The number of nitrogen functional groups attached to an aromatic ring is 1. The number of hydrogen-bond donors (Lipinski definition) is 4. The van der Waals surface area contributed by atoms with Crippen molar-refractivity contribution in [2.75, 3.05) is 6.61 Å². The number of aryl methyl sites for hydroxylation is 1. The van der Waals surface area contributed by atoms with Gasteiger partial charge in [0, 0.05) is 30.8 Å². The van der Waals surface area contributed by atoms with E-state index in [1.165, 1.54) is 4.68 Å². The second-order valence-corrected chi connectivity index (χ2v) is 8.17. The lowest BCUT2D eigenvalue weighted by atomic mass is 9.90. The van der Waals surface area contributed by atoms with E-state index in [1.807, 2.05) is 50.2 Å². The lowest BCUT2D eigenvalue weighted by Gasteiger charge is -2.17. The lowest BCUT2D eigenvalue weighted by Crippen LogP contribution is -2.18. The van der Waals surface area contributed by atoms with E-state index in [0.717, 1.165) is 29.4 Å². The largest absolute Gasteiger partial charge is 0.494 e. The number of amidine groups is 1. The van der Waals surface area contributed by atoms with Crippen molar-refractivity contribution in [2.24, 2.45) is 5.73 Å². The molecule has 2 aromatic carbocycles. The van der Waals surface area contributed by atoms with Crippen molar-refractivity contribution >= 4 is 11.8 Å². The molecule has 0 fully saturated rings. The summed E-state index contributed by atoms with van der Waals surface area (Å²) in [7, 11) is 0. The molecule has 0 saturated carbocycles. The van der Waals surface area contributed by atoms with Crippen molar-refractivity contribution in [3.05, 3.63) is 99.5 Å². The van der Waals surface area contributed by atoms with Crippen molar-refractivity contribution in [1.29, 1.82) is 5.41 Å². The summed E-state index contributed by atoms with van der Waals surface area (Å²) >= 11 is 0. The number of carboxylic acids is 1. The molecule has 0 saturated heterocycles. The van der Waals surface area contributed by atoms with Gasteiger partial charge >= 0.3 is 5.69 Å². The summed E-state index contributed by atoms with van der Waals surface area (Å²) in [5, 5.41) is 19.6. The van der Waals surface area contributed by atoms with Gasteiger partial charge in [0.2, 0.25) is 0 Å². The van der Waals surface area contributed by atoms with Gasteiger partial charge in [-0.2, -0.15) is 0 Å². The molecular formula is C26H29N7O4. The standard InChI is InChI=1S/C24H25N7O2.C2H4O2/c1-3-33-19-12-15(2)11-18(14-19)20(13-16-5-7-17(8-6-16)21(25)26)22-29-24(32)31(30-22)23-27-9-4-10-28-23;1-2(3)4/h4-12,14,20H,3,13H2,1-2H3,(H3,25,26)(H,29,30,32);1H3,(H,3,4). The van der Waals surface area contributed by atoms with Crippen LogP contribution in [0.25, 0.3) is 5.95 Å². The summed E-state index contributed by atoms with van der Waals surface area (Å²) in [5.74, 6) is 0.386. The normalized spacial score (nSPS) is 11.2. The zero-order valence-electron chi connectivity index (χ0n) is 20.8. The number of ether oxygens (including phenoxy) is 1. The fraction of sp³-hybridized carbons (Fsp3) is 0.231. The number of benzene rings is 2. The van der Waals surface area contributed by atoms with Crippen LogP contribution in [0.1, 0.15) is 47.8 Å². The number of nitrogens with two attached hydrogens (primary N) is 1. The third kappa shape index (κ3) is 7.34. The van der Waals surface area contributed by atoms with Crippen molar-refractivity contribution in [3.8, 4) is 11.7 Å². The van der Waals surface area contributed by atoms with Crippen LogP contribution in [0, 0.1) is 12.3 Å². The van der Waals surface area contributed by atoms with Gasteiger partial charge in [0.1, 0.15) is 17.4 Å². The highest BCUT2D eigenvalue weighted by molar-refractivity contribution is 5.94. The molecule has 192 valence electrons. The fourth-order valence-corrected chi connectivity index (χ4v) is 3.69. The summed E-state index contributed by atoms with van der Waals surface area (Å²) in [6.07, 6.45) is 3.69. The number of hydrogen-bond acceptors (Lipinski definition) is 7. The number of aliphatic carboxylic acids is 1. The number of nitrogens with zero attached hydrogens (tertiary/aromatic N) is 4. The molecule has 2 aromatic heterocycles. The highest BCUT2D eigenvalue weighted by Crippen LogP contribution is 2.30. The molecule has 0 bridgehead atoms. The minimum absolute atomic E-state index is 0.0177. The second-order valence-electron chi connectivity index (χ2n) is 8.17. The van der Waals surface area contributed by atoms with Gasteiger partial charge in [-0.1, -0.05) is 30.3 Å². The Hall–Kier alpha value is -4.80. The maximum atomic E-state index is 12.7. The number of H-pyrrole nitrogens is 1. The minimum atomic E-state index is -0.833. The molecule has 0 spiro atoms. The van der Waals surface area contributed by atoms with Gasteiger partial charge in [-0.25, -0.2) is 14.8 Å². The summed E-state index contributed by atoms with van der Waals surface area (Å²) in [6.45, 7) is 5.58. The van der Waals surface area contributed by atoms with Gasteiger partial charge in [0.25, 0.3) is 11.9 Å². The highest BCUT2D eigenvalue weighted by atomic mass is 16.5. The molecule has 1 atom stereocenters. The number of aromatic amines is 1. The summed E-state index contributed by atoms with van der Waals surface area (Å²) in [5.41, 5.74) is 8.85. The average Bonchev–Trinajstić information content (AvgIpc) is 3.24. The second kappa shape index (κ2) is 12.2. The summed E-state index contributed by atoms with van der Waals surface area (Å²) in [4.78, 5) is 32.8. The average molecular weight is 504 g/mol. The van der Waals surface area contributed by atoms with Crippen LogP contribution >= 0.6 is 0 Å². The van der Waals surface area contributed by atoms with Crippen LogP contribution < -0.4 is 16.2 Å². The first kappa shape index (κ1) is 26.8. The van der Waals surface area contributed by atoms with E-state index in [1.54, 1.807) is 18.5 Å². The third-order valence-electron chi connectivity index (χ3n) is 5.20. The van der Waals surface area contributed by atoms with Crippen LogP contribution in [0.4, 0.5) is 0 Å². The van der Waals surface area contributed by atoms with Gasteiger partial charge in [-0.15, -0.1) is 9.78 Å². The molecule has 0 radical (unpaired) electrons. The number of carboxylic acid groups (broad SMARTS) is 1. The first-order valence-corrected chi connectivity index (χ1v) is 11.5. The van der Waals surface area contributed by atoms with Crippen LogP contribution in [0.2, 0.25) is 0 Å². The predicted octanol–water partition coefficient (Wildman–Crippen LogP) is 2.81. The van der Waals surface area contributed by atoms with E-state index >= 15 is 0 Å². The quantitative estimate of drug-likeness (QED) is 0.210. The topological polar surface area (TPSA) is 173 Å². The molecule has 1 unspecified atom stereocenters. The Labute approximate surface area is 213 Å². The molecule has 2 heterocycles. The van der Waals surface area contributed by atoms with Crippen molar-refractivity contribution in [3.63, 3.8) is 0 Å². The van der Waals surface area contributed by atoms with E-state index < -0.39 is 11.7 Å². The smallest absolute Gasteiger partial charge is 0.350 e. The third-order valence-corrected chi connectivity index (χ3v) is 5.20. The Bertz CT molecular complexity index is 1410. The van der Waals surface area contributed by atoms with E-state index in [0.29, 0.717) is 24.4 Å². The summed E-state index contributed by atoms with van der Waals surface area (Å²) < 4.78 is 6.92. The Kier molecular flexibility index (Phi) is 8.87. The number of nitrogens with one attached hydrogen (secondary N) is 2. The molecule has 0 aliphatic heterocycles. The van der Waals surface area contributed by atoms with Crippen LogP contribution in [0.15, 0.2) is 65.7 Å². The van der Waals surface area contributed by atoms with Crippen LogP contribution in [-0.4, -0.2) is 48.3 Å². The molecule has 0 aliphatic carbocycles. The highest BCUT2D eigenvalue weighted by Gasteiger charge is 2.22. The van der Waals surface area contributed by atoms with Gasteiger partial charge in [0.15, 0.2) is 0 Å². The molecule has 11 heteroatoms. The molecular weight excluding hydrogens is 474 g/mol. The van der Waals surface area contributed by atoms with Gasteiger partial charge < -0.3 is 15.6 Å². The Morgan fingerprint density at radius 1 is 1.19 bits per heavy atom. The van der Waals surface area contributed by atoms with Crippen molar-refractivity contribution in [1.82, 2.24) is 24.7 Å². The Morgan fingerprint density at radius 2 is 1.84 bits per heavy atom. The maximum absolute atomic E-state index is 12.7. The SMILES string of the molecule is CC(=O)O.CCOc1cc(C)cc(C(Cc2ccc(C(=N)N)cc2)c2nn(-c3ncccn3)c(=O)[nH]2)c1. The van der Waals surface area contributed by atoms with Crippen LogP contribution in [0.5, 0.6) is 5.75 Å². The first-order valence-electron chi connectivity index (χ1n) is 11.5. The fourth-order valence-electron chi connectivity index (χ4n) is 3.69. The van der Waals surface area contributed by atoms with Crippen LogP contribution in [-0.2, 0) is 11.2 Å². The molecule has 4 aromatic rings. The maximum Gasteiger partial charge on any atom is 0.350 e. The molecule has 5 N–H and O–H groups in total.